The number of ether oxygens (including phenoxy) is 3. The van der Waals surface area contributed by atoms with Crippen molar-refractivity contribution >= 4 is 35.9 Å². The van der Waals surface area contributed by atoms with E-state index < -0.39 is 52.4 Å². The third-order valence-electron chi connectivity index (χ3n) is 6.47. The second kappa shape index (κ2) is 9.41. The minimum absolute atomic E-state index is 0.0373. The summed E-state index contributed by atoms with van der Waals surface area (Å²) in [5, 5.41) is 11.5. The number of aliphatic hydroxyl groups excluding tert-OH is 1. The summed E-state index contributed by atoms with van der Waals surface area (Å²) in [7, 11) is 0. The van der Waals surface area contributed by atoms with Crippen molar-refractivity contribution in [3.63, 3.8) is 0 Å². The van der Waals surface area contributed by atoms with E-state index in [2.05, 4.69) is 0 Å². The van der Waals surface area contributed by atoms with Crippen LogP contribution in [-0.2, 0) is 38.8 Å². The third-order valence-corrected chi connectivity index (χ3v) is 6.47. The molecule has 10 nitrogen and oxygen atoms in total. The van der Waals surface area contributed by atoms with Crippen molar-refractivity contribution in [3.05, 3.63) is 29.8 Å². The number of carbonyl (C=O) groups excluding carboxylic acids is 5. The molecule has 10 heteroatoms. The maximum absolute atomic E-state index is 14.3. The summed E-state index contributed by atoms with van der Waals surface area (Å²) in [5.41, 5.74) is -5.82. The van der Waals surface area contributed by atoms with E-state index in [-0.39, 0.29) is 37.3 Å². The van der Waals surface area contributed by atoms with Gasteiger partial charge in [-0.2, -0.15) is 0 Å². The SMILES string of the molecule is CCOC(=O)C1(C(=O)OCC)[C@H](C=O)CC[C@@H](O)[C@@]12C(=O)N(C(=O)OC(C)(C)C)c1ccccc12. The van der Waals surface area contributed by atoms with Crippen LogP contribution in [0.15, 0.2) is 24.3 Å². The highest BCUT2D eigenvalue weighted by molar-refractivity contribution is 6.26. The standard InChI is InChI=1S/C25H31NO9/c1-6-33-20(30)24(21(31)34-7-2)15(14-27)12-13-18(28)25(24)16-10-8-9-11-17(16)26(19(25)29)22(32)35-23(3,4)5/h8-11,14-15,18,28H,6-7,12-13H2,1-5H3/t15-,18+,25-/m0/s1. The number of fused-ring (bicyclic) bond motifs is 2. The van der Waals surface area contributed by atoms with E-state index in [0.717, 1.165) is 0 Å². The molecular weight excluding hydrogens is 458 g/mol. The average molecular weight is 490 g/mol. The van der Waals surface area contributed by atoms with E-state index >= 15 is 0 Å². The number of anilines is 1. The molecule has 1 fully saturated rings. The summed E-state index contributed by atoms with van der Waals surface area (Å²) >= 11 is 0. The Morgan fingerprint density at radius 2 is 1.66 bits per heavy atom. The highest BCUT2D eigenvalue weighted by Crippen LogP contribution is 2.61. The predicted octanol–water partition coefficient (Wildman–Crippen LogP) is 2.29. The second-order valence-electron chi connectivity index (χ2n) is 9.53. The van der Waals surface area contributed by atoms with Crippen molar-refractivity contribution in [3.8, 4) is 0 Å². The van der Waals surface area contributed by atoms with E-state index in [1.165, 1.54) is 26.0 Å². The number of carbonyl (C=O) groups is 5. The zero-order valence-corrected chi connectivity index (χ0v) is 20.5. The number of aliphatic hydroxyl groups is 1. The molecule has 1 saturated carbocycles. The molecule has 1 N–H and O–H groups in total. The lowest BCUT2D eigenvalue weighted by atomic mass is 9.48. The molecule has 2 amide bonds. The fourth-order valence-electron chi connectivity index (χ4n) is 5.29. The van der Waals surface area contributed by atoms with Crippen LogP contribution in [0, 0.1) is 11.3 Å². The highest BCUT2D eigenvalue weighted by atomic mass is 16.6. The third kappa shape index (κ3) is 3.71. The number of imide groups is 1. The van der Waals surface area contributed by atoms with E-state index in [9.17, 15) is 29.1 Å². The molecule has 0 saturated heterocycles. The topological polar surface area (TPSA) is 137 Å². The first kappa shape index (κ1) is 26.3. The van der Waals surface area contributed by atoms with Crippen LogP contribution in [0.25, 0.3) is 0 Å². The molecule has 1 aromatic rings. The van der Waals surface area contributed by atoms with Gasteiger partial charge in [-0.25, -0.2) is 9.69 Å². The van der Waals surface area contributed by atoms with Gasteiger partial charge < -0.3 is 24.1 Å². The van der Waals surface area contributed by atoms with Crippen LogP contribution in [0.4, 0.5) is 10.5 Å². The molecule has 0 radical (unpaired) electrons. The van der Waals surface area contributed by atoms with Crippen LogP contribution in [0.3, 0.4) is 0 Å². The van der Waals surface area contributed by atoms with Gasteiger partial charge in [0.15, 0.2) is 5.41 Å². The smallest absolute Gasteiger partial charge is 0.421 e. The van der Waals surface area contributed by atoms with Gasteiger partial charge in [-0.15, -0.1) is 0 Å². The molecule has 0 unspecified atom stereocenters. The quantitative estimate of drug-likeness (QED) is 0.286. The summed E-state index contributed by atoms with van der Waals surface area (Å²) in [6.07, 6.45) is -2.42. The first-order valence-corrected chi connectivity index (χ1v) is 11.6. The van der Waals surface area contributed by atoms with Crippen LogP contribution in [0.5, 0.6) is 0 Å². The molecule has 1 aliphatic carbocycles. The number of benzene rings is 1. The number of hydrogen-bond acceptors (Lipinski definition) is 9. The monoisotopic (exact) mass is 489 g/mol. The van der Waals surface area contributed by atoms with E-state index in [1.54, 1.807) is 32.9 Å². The minimum atomic E-state index is -2.57. The zero-order chi connectivity index (χ0) is 26.2. The number of nitrogens with zero attached hydrogens (tertiary/aromatic N) is 1. The van der Waals surface area contributed by atoms with Crippen molar-refractivity contribution in [2.75, 3.05) is 18.1 Å². The van der Waals surface area contributed by atoms with Crippen LogP contribution < -0.4 is 4.90 Å². The lowest BCUT2D eigenvalue weighted by Gasteiger charge is -2.51. The Morgan fingerprint density at radius 3 is 2.17 bits per heavy atom. The van der Waals surface area contributed by atoms with Gasteiger partial charge in [-0.3, -0.25) is 14.4 Å². The number of esters is 2. The minimum Gasteiger partial charge on any atom is -0.465 e. The Labute approximate surface area is 203 Å². The molecule has 190 valence electrons. The maximum atomic E-state index is 14.3. The van der Waals surface area contributed by atoms with Gasteiger partial charge in [-0.05, 0) is 59.1 Å². The van der Waals surface area contributed by atoms with Crippen LogP contribution in [0.2, 0.25) is 0 Å². The number of amides is 2. The van der Waals surface area contributed by atoms with Crippen LogP contribution in [-0.4, -0.2) is 60.3 Å². The lowest BCUT2D eigenvalue weighted by molar-refractivity contribution is -0.198. The second-order valence-corrected chi connectivity index (χ2v) is 9.53. The fraction of sp³-hybridized carbons (Fsp3) is 0.560. The van der Waals surface area contributed by atoms with Crippen molar-refractivity contribution in [1.29, 1.82) is 0 Å². The van der Waals surface area contributed by atoms with Gasteiger partial charge >= 0.3 is 18.0 Å². The van der Waals surface area contributed by atoms with Crippen LogP contribution >= 0.6 is 0 Å². The number of rotatable bonds is 5. The van der Waals surface area contributed by atoms with Gasteiger partial charge in [-0.1, -0.05) is 18.2 Å². The van der Waals surface area contributed by atoms with Gasteiger partial charge in [0, 0.05) is 5.92 Å². The maximum Gasteiger partial charge on any atom is 0.421 e. The molecule has 1 heterocycles. The summed E-state index contributed by atoms with van der Waals surface area (Å²) < 4.78 is 16.0. The largest absolute Gasteiger partial charge is 0.465 e. The Hall–Kier alpha value is -3.27. The first-order valence-electron chi connectivity index (χ1n) is 11.6. The molecule has 3 atom stereocenters. The predicted molar refractivity (Wildman–Crippen MR) is 122 cm³/mol. The molecule has 0 bridgehead atoms. The number of hydrogen-bond donors (Lipinski definition) is 1. The zero-order valence-electron chi connectivity index (χ0n) is 20.5. The summed E-state index contributed by atoms with van der Waals surface area (Å²) in [6, 6.07) is 6.00. The molecular formula is C25H31NO9. The average Bonchev–Trinajstić information content (AvgIpc) is 3.04. The highest BCUT2D eigenvalue weighted by Gasteiger charge is 2.79. The van der Waals surface area contributed by atoms with Gasteiger partial charge in [0.2, 0.25) is 0 Å². The summed E-state index contributed by atoms with van der Waals surface area (Å²) in [5.74, 6) is -4.78. The van der Waals surface area contributed by atoms with Gasteiger partial charge in [0.05, 0.1) is 25.0 Å². The summed E-state index contributed by atoms with van der Waals surface area (Å²) in [4.78, 5) is 68.0. The number of para-hydroxylation sites is 1. The van der Waals surface area contributed by atoms with Crippen molar-refractivity contribution in [2.45, 2.75) is 64.6 Å². The van der Waals surface area contributed by atoms with Crippen molar-refractivity contribution in [2.24, 2.45) is 11.3 Å². The van der Waals surface area contributed by atoms with Crippen LogP contribution in [0.1, 0.15) is 53.0 Å². The number of aldehydes is 1. The lowest BCUT2D eigenvalue weighted by Crippen LogP contribution is -2.71. The van der Waals surface area contributed by atoms with Gasteiger partial charge in [0.25, 0.3) is 5.91 Å². The van der Waals surface area contributed by atoms with Crippen molar-refractivity contribution < 1.29 is 43.3 Å². The van der Waals surface area contributed by atoms with Crippen molar-refractivity contribution in [1.82, 2.24) is 0 Å². The summed E-state index contributed by atoms with van der Waals surface area (Å²) in [6.45, 7) is 7.55. The Kier molecular flexibility index (Phi) is 7.08. The molecule has 2 aliphatic rings. The molecule has 1 aliphatic heterocycles. The molecule has 3 rings (SSSR count). The van der Waals surface area contributed by atoms with E-state index in [1.807, 2.05) is 0 Å². The Morgan fingerprint density at radius 1 is 1.09 bits per heavy atom. The molecule has 1 aromatic carbocycles. The fourth-order valence-corrected chi connectivity index (χ4v) is 5.29. The van der Waals surface area contributed by atoms with E-state index in [0.29, 0.717) is 11.2 Å². The van der Waals surface area contributed by atoms with E-state index in [4.69, 9.17) is 14.2 Å². The van der Waals surface area contributed by atoms with Gasteiger partial charge in [0.1, 0.15) is 17.3 Å². The molecule has 0 aromatic heterocycles. The Bertz CT molecular complexity index is 1030. The molecule has 1 spiro atoms. The normalized spacial score (nSPS) is 25.1. The Balaban J connectivity index is 2.43. The first-order chi connectivity index (χ1) is 16.4. The molecule has 35 heavy (non-hydrogen) atoms.